The Labute approximate surface area is 148 Å². The summed E-state index contributed by atoms with van der Waals surface area (Å²) >= 11 is 1.58. The van der Waals surface area contributed by atoms with E-state index in [1.807, 2.05) is 55.5 Å². The summed E-state index contributed by atoms with van der Waals surface area (Å²) in [5.41, 5.74) is 3.10. The van der Waals surface area contributed by atoms with E-state index >= 15 is 0 Å². The molecule has 118 valence electrons. The lowest BCUT2D eigenvalue weighted by molar-refractivity contribution is 1.34. The maximum atomic E-state index is 9.21. The van der Waals surface area contributed by atoms with Gasteiger partial charge in [0.1, 0.15) is 28.9 Å². The minimum atomic E-state index is -0.243. The summed E-state index contributed by atoms with van der Waals surface area (Å²) in [5.74, 6) is 0. The van der Waals surface area contributed by atoms with E-state index in [4.69, 9.17) is 10.5 Å². The van der Waals surface area contributed by atoms with Crippen LogP contribution in [-0.4, -0.2) is 4.98 Å². The number of hydrogen-bond acceptors (Lipinski definition) is 6. The Hall–Kier alpha value is -3.66. The molecule has 0 aliphatic rings. The molecule has 0 fully saturated rings. The van der Waals surface area contributed by atoms with Gasteiger partial charge in [0, 0.05) is 11.3 Å². The minimum Gasteiger partial charge on any atom is -0.345 e. The van der Waals surface area contributed by atoms with Crippen LogP contribution in [0.2, 0.25) is 0 Å². The van der Waals surface area contributed by atoms with Crippen LogP contribution in [0.25, 0.3) is 20.8 Å². The Morgan fingerprint density at radius 2 is 1.80 bits per heavy atom. The molecule has 3 aromatic rings. The van der Waals surface area contributed by atoms with Crippen LogP contribution in [0.5, 0.6) is 0 Å². The molecule has 1 aromatic heterocycles. The first kappa shape index (κ1) is 16.2. The molecule has 25 heavy (non-hydrogen) atoms. The number of nitrogens with zero attached hydrogens (tertiary/aromatic N) is 4. The lowest BCUT2D eigenvalue weighted by Crippen LogP contribution is -2.02. The van der Waals surface area contributed by atoms with Gasteiger partial charge in [0.25, 0.3) is 0 Å². The molecule has 0 radical (unpaired) electrons. The molecule has 1 heterocycles. The third kappa shape index (κ3) is 3.19. The van der Waals surface area contributed by atoms with Gasteiger partial charge in [-0.1, -0.05) is 24.3 Å². The molecule has 0 unspecified atom stereocenters. The van der Waals surface area contributed by atoms with Crippen molar-refractivity contribution in [2.45, 2.75) is 6.92 Å². The number of nitrogens with one attached hydrogen (secondary N) is 1. The number of allylic oxidation sites excluding steroid dienone is 2. The lowest BCUT2D eigenvalue weighted by atomic mass is 10.1. The van der Waals surface area contributed by atoms with E-state index in [1.54, 1.807) is 23.5 Å². The minimum absolute atomic E-state index is 0.0606. The number of anilines is 1. The first-order chi connectivity index (χ1) is 12.2. The fourth-order valence-electron chi connectivity index (χ4n) is 2.30. The Morgan fingerprint density at radius 3 is 2.48 bits per heavy atom. The monoisotopic (exact) mass is 341 g/mol. The molecule has 0 bridgehead atoms. The zero-order chi connectivity index (χ0) is 17.8. The van der Waals surface area contributed by atoms with E-state index in [0.29, 0.717) is 5.69 Å². The molecule has 0 amide bonds. The fourth-order valence-corrected chi connectivity index (χ4v) is 3.27. The number of rotatable bonds is 3. The van der Waals surface area contributed by atoms with Gasteiger partial charge in [-0.2, -0.15) is 15.8 Å². The average molecular weight is 341 g/mol. The molecule has 0 saturated heterocycles. The molecular formula is C19H11N5S. The maximum absolute atomic E-state index is 9.21. The number of aryl methyl sites for hydroxylation is 1. The number of para-hydroxylation sites is 1. The van der Waals surface area contributed by atoms with Gasteiger partial charge in [-0.3, -0.25) is 0 Å². The van der Waals surface area contributed by atoms with Crippen molar-refractivity contribution in [1.82, 2.24) is 4.98 Å². The number of aromatic nitrogens is 1. The zero-order valence-corrected chi connectivity index (χ0v) is 14.1. The van der Waals surface area contributed by atoms with Gasteiger partial charge in [-0.15, -0.1) is 11.3 Å². The molecule has 0 atom stereocenters. The topological polar surface area (TPSA) is 96.3 Å². The molecule has 1 N–H and O–H groups in total. The van der Waals surface area contributed by atoms with Crippen molar-refractivity contribution in [3.63, 3.8) is 0 Å². The first-order valence-electron chi connectivity index (χ1n) is 7.34. The largest absolute Gasteiger partial charge is 0.345 e. The van der Waals surface area contributed by atoms with Crippen LogP contribution >= 0.6 is 11.3 Å². The number of nitriles is 3. The van der Waals surface area contributed by atoms with Gasteiger partial charge in [0.15, 0.2) is 5.57 Å². The third-order valence-electron chi connectivity index (χ3n) is 3.62. The molecule has 2 aromatic carbocycles. The van der Waals surface area contributed by atoms with Crippen LogP contribution in [0, 0.1) is 40.9 Å². The number of hydrogen-bond donors (Lipinski definition) is 1. The summed E-state index contributed by atoms with van der Waals surface area (Å²) in [5, 5.41) is 30.9. The van der Waals surface area contributed by atoms with Crippen LogP contribution in [0.1, 0.15) is 5.56 Å². The Morgan fingerprint density at radius 1 is 1.04 bits per heavy atom. The van der Waals surface area contributed by atoms with Crippen LogP contribution in [-0.2, 0) is 0 Å². The summed E-state index contributed by atoms with van der Waals surface area (Å²) in [4.78, 5) is 4.63. The van der Waals surface area contributed by atoms with E-state index in [2.05, 4.69) is 10.3 Å². The van der Waals surface area contributed by atoms with Crippen molar-refractivity contribution in [2.75, 3.05) is 5.32 Å². The van der Waals surface area contributed by atoms with E-state index in [0.717, 1.165) is 26.4 Å². The van der Waals surface area contributed by atoms with Crippen molar-refractivity contribution in [2.24, 2.45) is 0 Å². The average Bonchev–Trinajstić information content (AvgIpc) is 3.07. The first-order valence-corrected chi connectivity index (χ1v) is 8.16. The highest BCUT2D eigenvalue weighted by molar-refractivity contribution is 7.21. The highest BCUT2D eigenvalue weighted by atomic mass is 32.1. The molecule has 0 aliphatic carbocycles. The van der Waals surface area contributed by atoms with Gasteiger partial charge >= 0.3 is 0 Å². The summed E-state index contributed by atoms with van der Waals surface area (Å²) in [6, 6.07) is 19.0. The number of benzene rings is 2. The lowest BCUT2D eigenvalue weighted by Gasteiger charge is -2.09. The molecule has 0 spiro atoms. The smallest absolute Gasteiger partial charge is 0.163 e. The van der Waals surface area contributed by atoms with E-state index in [-0.39, 0.29) is 11.3 Å². The van der Waals surface area contributed by atoms with Gasteiger partial charge < -0.3 is 5.32 Å². The van der Waals surface area contributed by atoms with E-state index in [1.165, 1.54) is 0 Å². The van der Waals surface area contributed by atoms with Gasteiger partial charge in [-0.25, -0.2) is 4.98 Å². The molecule has 5 nitrogen and oxygen atoms in total. The van der Waals surface area contributed by atoms with Gasteiger partial charge in [0.05, 0.1) is 10.2 Å². The van der Waals surface area contributed by atoms with Crippen LogP contribution in [0.4, 0.5) is 5.69 Å². The van der Waals surface area contributed by atoms with E-state index < -0.39 is 0 Å². The second-order valence-corrected chi connectivity index (χ2v) is 6.26. The molecular weight excluding hydrogens is 330 g/mol. The zero-order valence-electron chi connectivity index (χ0n) is 13.2. The predicted molar refractivity (Wildman–Crippen MR) is 97.3 cm³/mol. The fraction of sp³-hybridized carbons (Fsp3) is 0.0526. The second-order valence-electron chi connectivity index (χ2n) is 5.23. The summed E-state index contributed by atoms with van der Waals surface area (Å²) in [7, 11) is 0. The van der Waals surface area contributed by atoms with E-state index in [9.17, 15) is 5.26 Å². The highest BCUT2D eigenvalue weighted by Gasteiger charge is 2.11. The van der Waals surface area contributed by atoms with Crippen molar-refractivity contribution >= 4 is 27.2 Å². The van der Waals surface area contributed by atoms with Gasteiger partial charge in [0.2, 0.25) is 0 Å². The Balaban J connectivity index is 2.04. The highest BCUT2D eigenvalue weighted by Crippen LogP contribution is 2.32. The van der Waals surface area contributed by atoms with Gasteiger partial charge in [-0.05, 0) is 30.7 Å². The van der Waals surface area contributed by atoms with Crippen LogP contribution in [0.3, 0.4) is 0 Å². The van der Waals surface area contributed by atoms with Crippen molar-refractivity contribution in [3.8, 4) is 28.8 Å². The second kappa shape index (κ2) is 6.84. The number of fused-ring (bicyclic) bond motifs is 1. The summed E-state index contributed by atoms with van der Waals surface area (Å²) in [6.45, 7) is 1.89. The van der Waals surface area contributed by atoms with Crippen molar-refractivity contribution in [1.29, 1.82) is 15.8 Å². The van der Waals surface area contributed by atoms with Crippen LogP contribution in [0.15, 0.2) is 53.7 Å². The maximum Gasteiger partial charge on any atom is 0.163 e. The van der Waals surface area contributed by atoms with Crippen LogP contribution < -0.4 is 5.32 Å². The Kier molecular flexibility index (Phi) is 4.44. The SMILES string of the molecule is Cc1ccc(-c2nc3ccccc3s2)cc1NC(C#N)=C(C#N)C#N. The molecule has 3 rings (SSSR count). The quantitative estimate of drug-likeness (QED) is 0.707. The molecule has 0 saturated carbocycles. The van der Waals surface area contributed by atoms with Crippen molar-refractivity contribution < 1.29 is 0 Å². The number of thiazole rings is 1. The predicted octanol–water partition coefficient (Wildman–Crippen LogP) is 4.51. The molecule has 0 aliphatic heterocycles. The summed E-state index contributed by atoms with van der Waals surface area (Å²) in [6.07, 6.45) is 0. The summed E-state index contributed by atoms with van der Waals surface area (Å²) < 4.78 is 1.10. The van der Waals surface area contributed by atoms with Crippen molar-refractivity contribution in [3.05, 3.63) is 59.3 Å². The third-order valence-corrected chi connectivity index (χ3v) is 4.71. The molecule has 6 heteroatoms. The Bertz CT molecular complexity index is 1070. The normalized spacial score (nSPS) is 9.68. The standard InChI is InChI=1S/C19H11N5S/c1-12-6-7-13(19-24-15-4-2-3-5-18(15)25-19)8-16(12)23-17(11-22)14(9-20)10-21/h2-8,23H,1H3.